The van der Waals surface area contributed by atoms with E-state index in [1.807, 2.05) is 12.1 Å². The summed E-state index contributed by atoms with van der Waals surface area (Å²) in [6.45, 7) is 9.95. The Balaban J connectivity index is 1.36. The molecule has 2 heterocycles. The molecular weight excluding hydrogens is 492 g/mol. The van der Waals surface area contributed by atoms with Crippen molar-refractivity contribution in [3.05, 3.63) is 88.6 Å². The molecule has 4 aromatic rings. The zero-order valence-electron chi connectivity index (χ0n) is 22.6. The second kappa shape index (κ2) is 12.4. The average molecular weight is 531 g/mol. The average Bonchev–Trinajstić information content (AvgIpc) is 3.31. The lowest BCUT2D eigenvalue weighted by molar-refractivity contribution is 0.122. The van der Waals surface area contributed by atoms with Gasteiger partial charge in [0.2, 0.25) is 0 Å². The van der Waals surface area contributed by atoms with Crippen LogP contribution < -0.4 is 10.5 Å². The van der Waals surface area contributed by atoms with E-state index in [1.165, 1.54) is 38.7 Å². The van der Waals surface area contributed by atoms with E-state index in [-0.39, 0.29) is 0 Å². The Kier molecular flexibility index (Phi) is 8.70. The number of methoxy groups -OCH3 is 1. The lowest BCUT2D eigenvalue weighted by atomic mass is 9.96. The standard InChI is InChI=1S/C32H39ClN4O/c1-3-25-20-27(38-2)10-11-28(25)30-23-37(14-6-13-34)32-12-9-24(19-29(30)32)21-35-15-17-36(18-16-35)22-26-7-4-5-8-31(26)33/h4-5,7-12,19-20,23H,3,6,13-18,21-22,34H2,1-2H3. The first kappa shape index (κ1) is 26.8. The van der Waals surface area contributed by atoms with Gasteiger partial charge in [0.1, 0.15) is 5.75 Å². The van der Waals surface area contributed by atoms with Crippen molar-refractivity contribution in [2.75, 3.05) is 39.8 Å². The van der Waals surface area contributed by atoms with Gasteiger partial charge in [0, 0.05) is 73.5 Å². The molecule has 2 N–H and O–H groups in total. The van der Waals surface area contributed by atoms with E-state index < -0.39 is 0 Å². The van der Waals surface area contributed by atoms with Gasteiger partial charge < -0.3 is 15.0 Å². The van der Waals surface area contributed by atoms with Crippen LogP contribution in [0.4, 0.5) is 0 Å². The van der Waals surface area contributed by atoms with Crippen LogP contribution in [0.5, 0.6) is 5.75 Å². The second-order valence-corrected chi connectivity index (χ2v) is 10.7. The summed E-state index contributed by atoms with van der Waals surface area (Å²) in [5.41, 5.74) is 13.6. The van der Waals surface area contributed by atoms with Crippen LogP contribution in [-0.4, -0.2) is 54.2 Å². The minimum atomic E-state index is 0.693. The van der Waals surface area contributed by atoms with E-state index in [2.05, 4.69) is 76.0 Å². The number of nitrogens with two attached hydrogens (primary N) is 1. The summed E-state index contributed by atoms with van der Waals surface area (Å²) in [7, 11) is 1.73. The first-order chi connectivity index (χ1) is 18.6. The van der Waals surface area contributed by atoms with Crippen LogP contribution in [0.3, 0.4) is 0 Å². The monoisotopic (exact) mass is 530 g/mol. The molecule has 0 saturated carbocycles. The summed E-state index contributed by atoms with van der Waals surface area (Å²) in [5, 5.41) is 2.18. The zero-order chi connectivity index (χ0) is 26.5. The molecule has 200 valence electrons. The number of hydrogen-bond acceptors (Lipinski definition) is 4. The molecule has 3 aromatic carbocycles. The molecule has 0 amide bonds. The number of fused-ring (bicyclic) bond motifs is 1. The highest BCUT2D eigenvalue weighted by Crippen LogP contribution is 2.36. The number of rotatable bonds is 10. The van der Waals surface area contributed by atoms with Crippen molar-refractivity contribution in [3.8, 4) is 16.9 Å². The van der Waals surface area contributed by atoms with Gasteiger partial charge in [0.25, 0.3) is 0 Å². The molecule has 6 heteroatoms. The minimum Gasteiger partial charge on any atom is -0.497 e. The summed E-state index contributed by atoms with van der Waals surface area (Å²) in [6.07, 6.45) is 4.24. The van der Waals surface area contributed by atoms with Gasteiger partial charge in [-0.1, -0.05) is 48.9 Å². The molecular formula is C32H39ClN4O. The molecule has 5 nitrogen and oxygen atoms in total. The van der Waals surface area contributed by atoms with Crippen LogP contribution in [0.1, 0.15) is 30.0 Å². The third-order valence-electron chi connectivity index (χ3n) is 7.76. The smallest absolute Gasteiger partial charge is 0.119 e. The molecule has 38 heavy (non-hydrogen) atoms. The molecule has 0 atom stereocenters. The van der Waals surface area contributed by atoms with Crippen molar-refractivity contribution < 1.29 is 4.74 Å². The Labute approximate surface area is 231 Å². The Morgan fingerprint density at radius 3 is 2.34 bits per heavy atom. The number of hydrogen-bond donors (Lipinski definition) is 1. The molecule has 5 rings (SSSR count). The van der Waals surface area contributed by atoms with E-state index in [1.54, 1.807) is 7.11 Å². The topological polar surface area (TPSA) is 46.7 Å². The van der Waals surface area contributed by atoms with Gasteiger partial charge in [0.15, 0.2) is 0 Å². The SMILES string of the molecule is CCc1cc(OC)ccc1-c1cn(CCCN)c2ccc(CN3CCN(Cc4ccccc4Cl)CC3)cc12. The van der Waals surface area contributed by atoms with Gasteiger partial charge in [0.05, 0.1) is 7.11 Å². The van der Waals surface area contributed by atoms with E-state index in [9.17, 15) is 0 Å². The van der Waals surface area contributed by atoms with Gasteiger partial charge in [-0.2, -0.15) is 0 Å². The summed E-state index contributed by atoms with van der Waals surface area (Å²) in [6, 6.07) is 21.6. The van der Waals surface area contributed by atoms with Gasteiger partial charge in [-0.05, 0) is 72.0 Å². The van der Waals surface area contributed by atoms with E-state index in [0.717, 1.165) is 69.4 Å². The molecule has 1 aliphatic rings. The number of nitrogens with zero attached hydrogens (tertiary/aromatic N) is 3. The predicted octanol–water partition coefficient (Wildman–Crippen LogP) is 6.20. The molecule has 0 aliphatic carbocycles. The fraction of sp³-hybridized carbons (Fsp3) is 0.375. The Morgan fingerprint density at radius 2 is 1.63 bits per heavy atom. The van der Waals surface area contributed by atoms with Crippen molar-refractivity contribution in [1.29, 1.82) is 0 Å². The Bertz CT molecular complexity index is 1370. The van der Waals surface area contributed by atoms with Gasteiger partial charge in [-0.25, -0.2) is 0 Å². The maximum Gasteiger partial charge on any atom is 0.119 e. The molecule has 1 fully saturated rings. The lowest BCUT2D eigenvalue weighted by Crippen LogP contribution is -2.45. The Hall–Kier alpha value is -2.83. The third kappa shape index (κ3) is 5.92. The number of ether oxygens (including phenoxy) is 1. The van der Waals surface area contributed by atoms with Gasteiger partial charge in [-0.15, -0.1) is 0 Å². The van der Waals surface area contributed by atoms with Crippen molar-refractivity contribution in [2.45, 2.75) is 39.4 Å². The Morgan fingerprint density at radius 1 is 0.868 bits per heavy atom. The fourth-order valence-electron chi connectivity index (χ4n) is 5.59. The normalized spacial score (nSPS) is 14.8. The summed E-state index contributed by atoms with van der Waals surface area (Å²) < 4.78 is 7.88. The quantitative estimate of drug-likeness (QED) is 0.265. The highest BCUT2D eigenvalue weighted by Gasteiger charge is 2.19. The van der Waals surface area contributed by atoms with Crippen LogP contribution in [0.15, 0.2) is 66.9 Å². The molecule has 1 saturated heterocycles. The van der Waals surface area contributed by atoms with E-state index in [0.29, 0.717) is 6.54 Å². The number of aromatic nitrogens is 1. The van der Waals surface area contributed by atoms with Gasteiger partial charge in [-0.3, -0.25) is 9.80 Å². The first-order valence-corrected chi connectivity index (χ1v) is 14.1. The molecule has 0 spiro atoms. The van der Waals surface area contributed by atoms with Crippen LogP contribution in [0, 0.1) is 0 Å². The number of aryl methyl sites for hydroxylation is 2. The zero-order valence-corrected chi connectivity index (χ0v) is 23.4. The summed E-state index contributed by atoms with van der Waals surface area (Å²) >= 11 is 6.40. The van der Waals surface area contributed by atoms with Gasteiger partial charge >= 0.3 is 0 Å². The number of halogens is 1. The van der Waals surface area contributed by atoms with Crippen LogP contribution in [0.2, 0.25) is 5.02 Å². The summed E-state index contributed by atoms with van der Waals surface area (Å²) in [5.74, 6) is 0.909. The van der Waals surface area contributed by atoms with Crippen molar-refractivity contribution in [1.82, 2.24) is 14.4 Å². The first-order valence-electron chi connectivity index (χ1n) is 13.8. The highest BCUT2D eigenvalue weighted by atomic mass is 35.5. The largest absolute Gasteiger partial charge is 0.497 e. The second-order valence-electron chi connectivity index (χ2n) is 10.3. The fourth-order valence-corrected chi connectivity index (χ4v) is 5.78. The molecule has 0 radical (unpaired) electrons. The van der Waals surface area contributed by atoms with E-state index >= 15 is 0 Å². The number of piperazine rings is 1. The number of benzene rings is 3. The molecule has 0 unspecified atom stereocenters. The van der Waals surface area contributed by atoms with Crippen molar-refractivity contribution in [3.63, 3.8) is 0 Å². The maximum atomic E-state index is 6.40. The van der Waals surface area contributed by atoms with Crippen LogP contribution >= 0.6 is 11.6 Å². The van der Waals surface area contributed by atoms with Crippen molar-refractivity contribution in [2.24, 2.45) is 5.73 Å². The third-order valence-corrected chi connectivity index (χ3v) is 8.12. The van der Waals surface area contributed by atoms with Crippen LogP contribution in [0.25, 0.3) is 22.0 Å². The maximum absolute atomic E-state index is 6.40. The highest BCUT2D eigenvalue weighted by molar-refractivity contribution is 6.31. The minimum absolute atomic E-state index is 0.693. The predicted molar refractivity (Wildman–Crippen MR) is 159 cm³/mol. The van der Waals surface area contributed by atoms with Crippen molar-refractivity contribution >= 4 is 22.5 Å². The molecule has 1 aliphatic heterocycles. The van der Waals surface area contributed by atoms with E-state index in [4.69, 9.17) is 22.1 Å². The lowest BCUT2D eigenvalue weighted by Gasteiger charge is -2.35. The molecule has 0 bridgehead atoms. The van der Waals surface area contributed by atoms with Crippen LogP contribution in [-0.2, 0) is 26.1 Å². The summed E-state index contributed by atoms with van der Waals surface area (Å²) in [4.78, 5) is 5.08. The molecule has 1 aromatic heterocycles.